The van der Waals surface area contributed by atoms with Gasteiger partial charge in [-0.2, -0.15) is 0 Å². The molecule has 2 aromatic rings. The number of anilines is 1. The van der Waals surface area contributed by atoms with Crippen molar-refractivity contribution >= 4 is 11.6 Å². The second-order valence-corrected chi connectivity index (χ2v) is 3.63. The van der Waals surface area contributed by atoms with Crippen LogP contribution in [0.1, 0.15) is 16.1 Å². The first-order valence-corrected chi connectivity index (χ1v) is 5.66. The molecule has 0 aromatic carbocycles. The van der Waals surface area contributed by atoms with Crippen molar-refractivity contribution in [2.45, 2.75) is 0 Å². The van der Waals surface area contributed by atoms with Crippen molar-refractivity contribution in [3.63, 3.8) is 0 Å². The van der Waals surface area contributed by atoms with E-state index in [1.54, 1.807) is 42.9 Å². The van der Waals surface area contributed by atoms with Crippen molar-refractivity contribution in [3.05, 3.63) is 54.1 Å². The molecule has 3 N–H and O–H groups in total. The van der Waals surface area contributed by atoms with Crippen LogP contribution in [0.4, 0.5) is 5.69 Å². The van der Waals surface area contributed by atoms with Crippen LogP contribution in [-0.4, -0.2) is 22.4 Å². The maximum absolute atomic E-state index is 11.9. The van der Waals surface area contributed by atoms with Gasteiger partial charge in [0.1, 0.15) is 5.69 Å². The topological polar surface area (TPSA) is 80.9 Å². The Morgan fingerprint density at radius 1 is 1.32 bits per heavy atom. The Hall–Kier alpha value is -2.71. The lowest BCUT2D eigenvalue weighted by Gasteiger charge is -2.03. The number of nitrogens with one attached hydrogen (secondary N) is 1. The molecule has 5 heteroatoms. The molecule has 0 unspecified atom stereocenters. The number of hydrogen-bond donors (Lipinski definition) is 2. The number of carbonyl (C=O) groups is 1. The third-order valence-electron chi connectivity index (χ3n) is 2.25. The van der Waals surface area contributed by atoms with Crippen LogP contribution in [-0.2, 0) is 0 Å². The lowest BCUT2D eigenvalue weighted by molar-refractivity contribution is 0.102. The summed E-state index contributed by atoms with van der Waals surface area (Å²) in [6.45, 7) is 0.295. The van der Waals surface area contributed by atoms with Gasteiger partial charge in [0.15, 0.2) is 0 Å². The molecule has 5 nitrogen and oxygen atoms in total. The van der Waals surface area contributed by atoms with Gasteiger partial charge in [0.05, 0.1) is 18.4 Å². The first-order valence-electron chi connectivity index (χ1n) is 5.66. The normalized spacial score (nSPS) is 9.32. The zero-order chi connectivity index (χ0) is 13.5. The van der Waals surface area contributed by atoms with Crippen molar-refractivity contribution in [1.29, 1.82) is 0 Å². The van der Waals surface area contributed by atoms with E-state index >= 15 is 0 Å². The third-order valence-corrected chi connectivity index (χ3v) is 2.25. The van der Waals surface area contributed by atoms with Crippen LogP contribution in [0.3, 0.4) is 0 Å². The summed E-state index contributed by atoms with van der Waals surface area (Å²) in [4.78, 5) is 19.8. The Morgan fingerprint density at radius 2 is 2.21 bits per heavy atom. The van der Waals surface area contributed by atoms with Crippen molar-refractivity contribution < 1.29 is 4.79 Å². The lowest BCUT2D eigenvalue weighted by atomic mass is 10.2. The smallest absolute Gasteiger partial charge is 0.274 e. The number of hydrogen-bond acceptors (Lipinski definition) is 4. The van der Waals surface area contributed by atoms with Gasteiger partial charge in [-0.25, -0.2) is 4.98 Å². The summed E-state index contributed by atoms with van der Waals surface area (Å²) < 4.78 is 0. The molecule has 0 saturated heterocycles. The van der Waals surface area contributed by atoms with Crippen LogP contribution in [0.15, 0.2) is 42.9 Å². The van der Waals surface area contributed by atoms with Crippen molar-refractivity contribution in [2.24, 2.45) is 5.73 Å². The number of carbonyl (C=O) groups excluding carboxylic acids is 1. The number of aromatic nitrogens is 2. The summed E-state index contributed by atoms with van der Waals surface area (Å²) in [6.07, 6.45) is 4.75. The Bertz CT molecular complexity index is 611. The van der Waals surface area contributed by atoms with Crippen LogP contribution in [0.2, 0.25) is 0 Å². The van der Waals surface area contributed by atoms with Gasteiger partial charge in [-0.3, -0.25) is 9.78 Å². The van der Waals surface area contributed by atoms with E-state index in [1.807, 2.05) is 0 Å². The van der Waals surface area contributed by atoms with Crippen LogP contribution < -0.4 is 11.1 Å². The fourth-order valence-corrected chi connectivity index (χ4v) is 1.39. The highest BCUT2D eigenvalue weighted by Crippen LogP contribution is 2.06. The zero-order valence-electron chi connectivity index (χ0n) is 10.1. The molecule has 2 aromatic heterocycles. The highest BCUT2D eigenvalue weighted by Gasteiger charge is 2.06. The van der Waals surface area contributed by atoms with Crippen LogP contribution in [0, 0.1) is 11.8 Å². The number of amides is 1. The summed E-state index contributed by atoms with van der Waals surface area (Å²) in [7, 11) is 0. The molecular formula is C14H12N4O. The van der Waals surface area contributed by atoms with E-state index in [-0.39, 0.29) is 5.91 Å². The molecular weight excluding hydrogens is 240 g/mol. The van der Waals surface area contributed by atoms with Gasteiger partial charge in [-0.15, -0.1) is 0 Å². The van der Waals surface area contributed by atoms with Gasteiger partial charge in [-0.1, -0.05) is 11.8 Å². The maximum Gasteiger partial charge on any atom is 0.274 e. The molecule has 0 fully saturated rings. The summed E-state index contributed by atoms with van der Waals surface area (Å²) >= 11 is 0. The van der Waals surface area contributed by atoms with Gasteiger partial charge < -0.3 is 11.1 Å². The standard InChI is InChI=1S/C14H12N4O/c15-7-1-3-11-5-6-13(17-9-11)14(19)18-12-4-2-8-16-10-12/h2,4-6,8-10H,7,15H2,(H,18,19). The summed E-state index contributed by atoms with van der Waals surface area (Å²) in [5, 5.41) is 2.70. The minimum absolute atomic E-state index is 0.286. The van der Waals surface area contributed by atoms with E-state index < -0.39 is 0 Å². The first-order chi connectivity index (χ1) is 9.29. The van der Waals surface area contributed by atoms with Crippen LogP contribution >= 0.6 is 0 Å². The van der Waals surface area contributed by atoms with E-state index in [0.29, 0.717) is 17.9 Å². The molecule has 19 heavy (non-hydrogen) atoms. The number of nitrogens with zero attached hydrogens (tertiary/aromatic N) is 2. The minimum atomic E-state index is -0.286. The molecule has 1 amide bonds. The van der Waals surface area contributed by atoms with Gasteiger partial charge in [-0.05, 0) is 24.3 Å². The van der Waals surface area contributed by atoms with E-state index in [9.17, 15) is 4.79 Å². The monoisotopic (exact) mass is 252 g/mol. The number of nitrogens with two attached hydrogens (primary N) is 1. The van der Waals surface area contributed by atoms with E-state index in [0.717, 1.165) is 5.56 Å². The summed E-state index contributed by atoms with van der Waals surface area (Å²) in [6, 6.07) is 6.85. The molecule has 0 saturated carbocycles. The Labute approximate surface area is 110 Å². The Balaban J connectivity index is 2.08. The predicted molar refractivity (Wildman–Crippen MR) is 72.4 cm³/mol. The lowest BCUT2D eigenvalue weighted by Crippen LogP contribution is -2.13. The molecule has 0 aliphatic heterocycles. The van der Waals surface area contributed by atoms with Gasteiger partial charge in [0.2, 0.25) is 0 Å². The molecule has 0 aliphatic carbocycles. The molecule has 0 bridgehead atoms. The van der Waals surface area contributed by atoms with Crippen molar-refractivity contribution in [1.82, 2.24) is 9.97 Å². The number of rotatable bonds is 2. The molecule has 94 valence electrons. The predicted octanol–water partition coefficient (Wildman–Crippen LogP) is 1.04. The first kappa shape index (κ1) is 12.7. The fraction of sp³-hybridized carbons (Fsp3) is 0.0714. The molecule has 0 radical (unpaired) electrons. The quantitative estimate of drug-likeness (QED) is 0.782. The molecule has 2 rings (SSSR count). The Morgan fingerprint density at radius 3 is 2.84 bits per heavy atom. The van der Waals surface area contributed by atoms with Gasteiger partial charge in [0, 0.05) is 18.0 Å². The van der Waals surface area contributed by atoms with Crippen molar-refractivity contribution in [2.75, 3.05) is 11.9 Å². The van der Waals surface area contributed by atoms with Crippen LogP contribution in [0.25, 0.3) is 0 Å². The Kier molecular flexibility index (Phi) is 4.21. The second kappa shape index (κ2) is 6.28. The largest absolute Gasteiger partial charge is 0.320 e. The van der Waals surface area contributed by atoms with Gasteiger partial charge >= 0.3 is 0 Å². The molecule has 0 spiro atoms. The third kappa shape index (κ3) is 3.63. The van der Waals surface area contributed by atoms with E-state index in [1.165, 1.54) is 0 Å². The second-order valence-electron chi connectivity index (χ2n) is 3.63. The number of pyridine rings is 2. The summed E-state index contributed by atoms with van der Waals surface area (Å²) in [5.41, 5.74) is 6.95. The fourth-order valence-electron chi connectivity index (χ4n) is 1.39. The highest BCUT2D eigenvalue weighted by atomic mass is 16.1. The van der Waals surface area contributed by atoms with E-state index in [2.05, 4.69) is 27.1 Å². The van der Waals surface area contributed by atoms with Crippen LogP contribution in [0.5, 0.6) is 0 Å². The SMILES string of the molecule is NCC#Cc1ccc(C(=O)Nc2cccnc2)nc1. The zero-order valence-corrected chi connectivity index (χ0v) is 10.1. The average molecular weight is 252 g/mol. The average Bonchev–Trinajstić information content (AvgIpc) is 2.46. The minimum Gasteiger partial charge on any atom is -0.320 e. The molecule has 0 aliphatic rings. The van der Waals surface area contributed by atoms with Gasteiger partial charge in [0.25, 0.3) is 5.91 Å². The van der Waals surface area contributed by atoms with Crippen molar-refractivity contribution in [3.8, 4) is 11.8 Å². The maximum atomic E-state index is 11.9. The molecule has 0 atom stereocenters. The summed E-state index contributed by atoms with van der Waals surface area (Å²) in [5.74, 6) is 5.28. The molecule has 2 heterocycles. The highest BCUT2D eigenvalue weighted by molar-refractivity contribution is 6.02. The van der Waals surface area contributed by atoms with E-state index in [4.69, 9.17) is 5.73 Å².